The van der Waals surface area contributed by atoms with Gasteiger partial charge in [0, 0.05) is 21.9 Å². The van der Waals surface area contributed by atoms with Crippen LogP contribution in [0.5, 0.6) is 23.0 Å². The topological polar surface area (TPSA) is 36.9 Å². The minimum atomic E-state index is -0.822. The molecule has 4 heteroatoms. The SMILES string of the molecule is CCC1(CC)c2cc(-c3ccccc3)ccc2-c2c1c1c(c3cc(OC)c(OC)cc23)OC(C2=CCCC=C2)(c2ccc(OC)cc2)C=C1. The Labute approximate surface area is 289 Å². The van der Waals surface area contributed by atoms with Gasteiger partial charge in [-0.3, -0.25) is 0 Å². The molecule has 0 spiro atoms. The number of benzene rings is 5. The van der Waals surface area contributed by atoms with E-state index in [2.05, 4.69) is 117 Å². The lowest BCUT2D eigenvalue weighted by atomic mass is 9.70. The number of ether oxygens (including phenoxy) is 4. The van der Waals surface area contributed by atoms with E-state index in [0.717, 1.165) is 64.7 Å². The van der Waals surface area contributed by atoms with E-state index in [1.807, 2.05) is 12.1 Å². The molecule has 0 aromatic heterocycles. The lowest BCUT2D eigenvalue weighted by Gasteiger charge is -2.40. The van der Waals surface area contributed by atoms with Gasteiger partial charge in [-0.25, -0.2) is 0 Å². The van der Waals surface area contributed by atoms with Gasteiger partial charge in [-0.2, -0.15) is 0 Å². The number of methoxy groups -OCH3 is 3. The van der Waals surface area contributed by atoms with Crippen molar-refractivity contribution in [2.45, 2.75) is 50.5 Å². The molecule has 0 fully saturated rings. The summed E-state index contributed by atoms with van der Waals surface area (Å²) in [6, 6.07) is 30.3. The van der Waals surface area contributed by atoms with Crippen LogP contribution in [0.3, 0.4) is 0 Å². The summed E-state index contributed by atoms with van der Waals surface area (Å²) < 4.78 is 25.0. The third-order valence-electron chi connectivity index (χ3n) is 11.1. The Morgan fingerprint density at radius 3 is 2.10 bits per heavy atom. The van der Waals surface area contributed by atoms with Gasteiger partial charge in [0.05, 0.1) is 21.3 Å². The Balaban J connectivity index is 1.45. The lowest BCUT2D eigenvalue weighted by molar-refractivity contribution is 0.161. The molecule has 2 aliphatic carbocycles. The highest BCUT2D eigenvalue weighted by atomic mass is 16.5. The number of rotatable bonds is 8. The van der Waals surface area contributed by atoms with Crippen molar-refractivity contribution in [1.29, 1.82) is 0 Å². The van der Waals surface area contributed by atoms with Crippen LogP contribution < -0.4 is 18.9 Å². The first-order chi connectivity index (χ1) is 24.0. The van der Waals surface area contributed by atoms with E-state index in [9.17, 15) is 0 Å². The molecule has 49 heavy (non-hydrogen) atoms. The maximum absolute atomic E-state index is 7.56. The normalized spacial score (nSPS) is 18.3. The molecule has 0 saturated carbocycles. The number of allylic oxidation sites excluding steroid dienone is 2. The maximum atomic E-state index is 7.56. The van der Waals surface area contributed by atoms with Crippen LogP contribution in [0.15, 0.2) is 115 Å². The Morgan fingerprint density at radius 1 is 0.714 bits per heavy atom. The van der Waals surface area contributed by atoms with E-state index in [1.54, 1.807) is 21.3 Å². The molecule has 0 saturated heterocycles. The summed E-state index contributed by atoms with van der Waals surface area (Å²) in [6.45, 7) is 4.66. The molecule has 3 aliphatic rings. The van der Waals surface area contributed by atoms with Crippen LogP contribution in [0.1, 0.15) is 61.8 Å². The molecule has 5 aromatic carbocycles. The minimum absolute atomic E-state index is 0.210. The average Bonchev–Trinajstić information content (AvgIpc) is 3.48. The number of hydrogen-bond acceptors (Lipinski definition) is 4. The van der Waals surface area contributed by atoms with Gasteiger partial charge in [-0.1, -0.05) is 92.7 Å². The minimum Gasteiger partial charge on any atom is -0.497 e. The molecule has 0 N–H and O–H groups in total. The monoisotopic (exact) mass is 646 g/mol. The summed E-state index contributed by atoms with van der Waals surface area (Å²) in [5.41, 5.74) is 9.99. The van der Waals surface area contributed by atoms with Crippen molar-refractivity contribution in [2.24, 2.45) is 0 Å². The predicted octanol–water partition coefficient (Wildman–Crippen LogP) is 11.2. The summed E-state index contributed by atoms with van der Waals surface area (Å²) >= 11 is 0. The number of fused-ring (bicyclic) bond motifs is 8. The Hall–Kier alpha value is -5.22. The molecule has 1 aliphatic heterocycles. The van der Waals surface area contributed by atoms with E-state index in [4.69, 9.17) is 18.9 Å². The second-order valence-corrected chi connectivity index (χ2v) is 13.2. The summed E-state index contributed by atoms with van der Waals surface area (Å²) in [4.78, 5) is 0. The van der Waals surface area contributed by atoms with Crippen molar-refractivity contribution < 1.29 is 18.9 Å². The molecule has 0 bridgehead atoms. The molecule has 1 heterocycles. The van der Waals surface area contributed by atoms with Gasteiger partial charge in [0.25, 0.3) is 0 Å². The van der Waals surface area contributed by atoms with Gasteiger partial charge in [0.1, 0.15) is 11.5 Å². The van der Waals surface area contributed by atoms with E-state index in [-0.39, 0.29) is 5.41 Å². The Morgan fingerprint density at radius 2 is 1.45 bits per heavy atom. The molecule has 4 nitrogen and oxygen atoms in total. The highest BCUT2D eigenvalue weighted by Gasteiger charge is 2.47. The van der Waals surface area contributed by atoms with E-state index >= 15 is 0 Å². The van der Waals surface area contributed by atoms with Gasteiger partial charge >= 0.3 is 0 Å². The van der Waals surface area contributed by atoms with Crippen LogP contribution >= 0.6 is 0 Å². The zero-order valence-electron chi connectivity index (χ0n) is 28.9. The third kappa shape index (κ3) is 4.57. The predicted molar refractivity (Wildman–Crippen MR) is 200 cm³/mol. The molecule has 5 aromatic rings. The molecular weight excluding hydrogens is 604 g/mol. The molecule has 0 amide bonds. The summed E-state index contributed by atoms with van der Waals surface area (Å²) in [5, 5.41) is 2.12. The van der Waals surface area contributed by atoms with Crippen molar-refractivity contribution >= 4 is 16.8 Å². The van der Waals surface area contributed by atoms with Crippen molar-refractivity contribution in [3.8, 4) is 45.3 Å². The van der Waals surface area contributed by atoms with Gasteiger partial charge in [-0.15, -0.1) is 0 Å². The van der Waals surface area contributed by atoms with Crippen molar-refractivity contribution in [3.05, 3.63) is 137 Å². The van der Waals surface area contributed by atoms with Gasteiger partial charge in [0.15, 0.2) is 17.1 Å². The first kappa shape index (κ1) is 31.1. The van der Waals surface area contributed by atoms with Crippen LogP contribution in [-0.2, 0) is 11.0 Å². The molecular formula is C45H42O4. The van der Waals surface area contributed by atoms with Crippen LogP contribution in [0.2, 0.25) is 0 Å². The molecule has 8 rings (SSSR count). The molecule has 1 atom stereocenters. The van der Waals surface area contributed by atoms with E-state index in [0.29, 0.717) is 11.5 Å². The first-order valence-electron chi connectivity index (χ1n) is 17.4. The number of hydrogen-bond donors (Lipinski definition) is 0. The fourth-order valence-electron chi connectivity index (χ4n) is 8.54. The fourth-order valence-corrected chi connectivity index (χ4v) is 8.54. The van der Waals surface area contributed by atoms with Crippen LogP contribution in [-0.4, -0.2) is 21.3 Å². The molecule has 1 unspecified atom stereocenters. The third-order valence-corrected chi connectivity index (χ3v) is 11.1. The summed E-state index contributed by atoms with van der Waals surface area (Å²) in [7, 11) is 5.11. The Kier molecular flexibility index (Phi) is 7.63. The maximum Gasteiger partial charge on any atom is 0.177 e. The summed E-state index contributed by atoms with van der Waals surface area (Å²) in [5.74, 6) is 3.07. The first-order valence-corrected chi connectivity index (χ1v) is 17.4. The molecule has 246 valence electrons. The van der Waals surface area contributed by atoms with Gasteiger partial charge in [-0.05, 0) is 106 Å². The second kappa shape index (κ2) is 12.0. The van der Waals surface area contributed by atoms with Crippen LogP contribution in [0, 0.1) is 0 Å². The quantitative estimate of drug-likeness (QED) is 0.168. The zero-order chi connectivity index (χ0) is 33.8. The standard InChI is InChI=1S/C45H42O4/c1-6-44(7-2)38-26-30(29-14-10-8-11-15-29)18-23-34(38)41-36-27-39(47-4)40(48-5)28-37(36)43-35(42(41)44)24-25-45(49-43,31-16-12-9-13-17-31)32-19-21-33(46-3)22-20-32/h8,10-12,14-28H,6-7,9,13H2,1-5H3. The lowest BCUT2D eigenvalue weighted by Crippen LogP contribution is -2.36. The van der Waals surface area contributed by atoms with Gasteiger partial charge in [0.2, 0.25) is 0 Å². The van der Waals surface area contributed by atoms with Gasteiger partial charge < -0.3 is 18.9 Å². The smallest absolute Gasteiger partial charge is 0.177 e. The van der Waals surface area contributed by atoms with E-state index < -0.39 is 5.60 Å². The van der Waals surface area contributed by atoms with Crippen LogP contribution in [0.4, 0.5) is 0 Å². The Bertz CT molecular complexity index is 2170. The highest BCUT2D eigenvalue weighted by molar-refractivity contribution is 6.10. The van der Waals surface area contributed by atoms with Crippen molar-refractivity contribution in [2.75, 3.05) is 21.3 Å². The second-order valence-electron chi connectivity index (χ2n) is 13.2. The van der Waals surface area contributed by atoms with Crippen molar-refractivity contribution in [3.63, 3.8) is 0 Å². The average molecular weight is 647 g/mol. The van der Waals surface area contributed by atoms with Crippen LogP contribution in [0.25, 0.3) is 39.1 Å². The van der Waals surface area contributed by atoms with Crippen molar-refractivity contribution in [1.82, 2.24) is 0 Å². The highest BCUT2D eigenvalue weighted by Crippen LogP contribution is 2.61. The largest absolute Gasteiger partial charge is 0.497 e. The fraction of sp³-hybridized carbons (Fsp3) is 0.244. The van der Waals surface area contributed by atoms with E-state index in [1.165, 1.54) is 33.4 Å². The molecule has 0 radical (unpaired) electrons. The summed E-state index contributed by atoms with van der Waals surface area (Å²) in [6.07, 6.45) is 15.3. The zero-order valence-corrected chi connectivity index (χ0v) is 28.9.